The third kappa shape index (κ3) is 2.58. The lowest BCUT2D eigenvalue weighted by Gasteiger charge is -2.17. The summed E-state index contributed by atoms with van der Waals surface area (Å²) in [6.45, 7) is 0.780. The van der Waals surface area contributed by atoms with Crippen molar-refractivity contribution >= 4 is 0 Å². The number of hydrogen-bond donors (Lipinski definition) is 2. The highest BCUT2D eigenvalue weighted by Crippen LogP contribution is 2.16. The Morgan fingerprint density at radius 3 is 2.73 bits per heavy atom. The average Bonchev–Trinajstić information content (AvgIpc) is 2.81. The molecule has 1 heterocycles. The number of benzene rings is 1. The van der Waals surface area contributed by atoms with E-state index < -0.39 is 0 Å². The van der Waals surface area contributed by atoms with E-state index in [2.05, 4.69) is 23.6 Å². The van der Waals surface area contributed by atoms with Gasteiger partial charge in [-0.2, -0.15) is 0 Å². The molecule has 1 unspecified atom stereocenters. The third-order valence-corrected chi connectivity index (χ3v) is 2.56. The minimum Gasteiger partial charge on any atom is -0.496 e. The van der Waals surface area contributed by atoms with Crippen LogP contribution in [0.5, 0.6) is 0 Å². The van der Waals surface area contributed by atoms with Crippen molar-refractivity contribution in [2.75, 3.05) is 6.61 Å². The van der Waals surface area contributed by atoms with E-state index >= 15 is 0 Å². The molecule has 0 aromatic heterocycles. The predicted molar refractivity (Wildman–Crippen MR) is 59.9 cm³/mol. The molecule has 0 bridgehead atoms. The van der Waals surface area contributed by atoms with E-state index in [4.69, 9.17) is 10.6 Å². The van der Waals surface area contributed by atoms with Gasteiger partial charge in [0.25, 0.3) is 0 Å². The van der Waals surface area contributed by atoms with Crippen LogP contribution in [-0.4, -0.2) is 12.6 Å². The number of nitrogens with one attached hydrogen (secondary N) is 1. The predicted octanol–water partition coefficient (Wildman–Crippen LogP) is 1.37. The molecule has 2 rings (SSSR count). The molecule has 3 nitrogen and oxygen atoms in total. The Balaban J connectivity index is 2.02. The van der Waals surface area contributed by atoms with Crippen LogP contribution in [0.2, 0.25) is 0 Å². The number of hydrogen-bond acceptors (Lipinski definition) is 3. The fraction of sp³-hybridized carbons (Fsp3) is 0.333. The first kappa shape index (κ1) is 10.2. The Labute approximate surface area is 89.9 Å². The summed E-state index contributed by atoms with van der Waals surface area (Å²) in [5.74, 6) is 6.50. The fourth-order valence-electron chi connectivity index (χ4n) is 1.77. The summed E-state index contributed by atoms with van der Waals surface area (Å²) in [5.41, 5.74) is 4.06. The van der Waals surface area contributed by atoms with Crippen LogP contribution in [-0.2, 0) is 11.2 Å². The molecular weight excluding hydrogens is 188 g/mol. The van der Waals surface area contributed by atoms with Crippen molar-refractivity contribution < 1.29 is 4.74 Å². The van der Waals surface area contributed by atoms with Crippen LogP contribution in [0, 0.1) is 0 Å². The van der Waals surface area contributed by atoms with Gasteiger partial charge in [0.15, 0.2) is 0 Å². The second-order valence-electron chi connectivity index (χ2n) is 3.65. The van der Waals surface area contributed by atoms with Crippen LogP contribution in [0.25, 0.3) is 0 Å². The van der Waals surface area contributed by atoms with E-state index in [1.807, 2.05) is 18.2 Å². The zero-order valence-electron chi connectivity index (χ0n) is 8.65. The molecule has 0 fully saturated rings. The van der Waals surface area contributed by atoms with Gasteiger partial charge in [0, 0.05) is 6.42 Å². The quantitative estimate of drug-likeness (QED) is 0.575. The molecule has 0 saturated heterocycles. The standard InChI is InChI=1S/C12H16N2O/c13-14-11(12-7-4-8-15-12)9-10-5-2-1-3-6-10/h1-3,5-7,11,14H,4,8-9,13H2. The molecule has 3 N–H and O–H groups in total. The van der Waals surface area contributed by atoms with Gasteiger partial charge < -0.3 is 4.74 Å². The normalized spacial score (nSPS) is 17.0. The van der Waals surface area contributed by atoms with Crippen LogP contribution in [0.3, 0.4) is 0 Å². The van der Waals surface area contributed by atoms with Crippen LogP contribution in [0.1, 0.15) is 12.0 Å². The maximum atomic E-state index is 5.53. The first-order valence-corrected chi connectivity index (χ1v) is 5.23. The average molecular weight is 204 g/mol. The zero-order valence-corrected chi connectivity index (χ0v) is 8.65. The van der Waals surface area contributed by atoms with Crippen molar-refractivity contribution in [1.29, 1.82) is 0 Å². The summed E-state index contributed by atoms with van der Waals surface area (Å²) in [6.07, 6.45) is 3.96. The molecule has 0 amide bonds. The summed E-state index contributed by atoms with van der Waals surface area (Å²) in [6, 6.07) is 10.4. The van der Waals surface area contributed by atoms with Gasteiger partial charge in [-0.15, -0.1) is 0 Å². The fourth-order valence-corrected chi connectivity index (χ4v) is 1.77. The van der Waals surface area contributed by atoms with Gasteiger partial charge in [-0.05, 0) is 18.1 Å². The molecule has 80 valence electrons. The molecule has 1 aromatic rings. The van der Waals surface area contributed by atoms with E-state index in [-0.39, 0.29) is 6.04 Å². The maximum absolute atomic E-state index is 5.53. The molecular formula is C12H16N2O. The van der Waals surface area contributed by atoms with Gasteiger partial charge in [-0.25, -0.2) is 5.43 Å². The molecule has 1 atom stereocenters. The van der Waals surface area contributed by atoms with Crippen molar-refractivity contribution in [2.45, 2.75) is 18.9 Å². The van der Waals surface area contributed by atoms with Crippen LogP contribution < -0.4 is 11.3 Å². The summed E-state index contributed by atoms with van der Waals surface area (Å²) in [5, 5.41) is 0. The van der Waals surface area contributed by atoms with Crippen molar-refractivity contribution in [3.63, 3.8) is 0 Å². The topological polar surface area (TPSA) is 47.3 Å². The molecule has 0 radical (unpaired) electrons. The Hall–Kier alpha value is -1.32. The molecule has 0 saturated carbocycles. The molecule has 1 aliphatic heterocycles. The maximum Gasteiger partial charge on any atom is 0.111 e. The zero-order chi connectivity index (χ0) is 10.5. The van der Waals surface area contributed by atoms with Crippen molar-refractivity contribution in [3.05, 3.63) is 47.7 Å². The summed E-state index contributed by atoms with van der Waals surface area (Å²) >= 11 is 0. The van der Waals surface area contributed by atoms with E-state index in [1.165, 1.54) is 5.56 Å². The monoisotopic (exact) mass is 204 g/mol. The number of hydrazine groups is 1. The Kier molecular flexibility index (Phi) is 3.37. The van der Waals surface area contributed by atoms with Gasteiger partial charge in [0.1, 0.15) is 5.76 Å². The smallest absolute Gasteiger partial charge is 0.111 e. The van der Waals surface area contributed by atoms with Crippen molar-refractivity contribution in [1.82, 2.24) is 5.43 Å². The van der Waals surface area contributed by atoms with Crippen LogP contribution in [0.4, 0.5) is 0 Å². The van der Waals surface area contributed by atoms with Gasteiger partial charge in [0.2, 0.25) is 0 Å². The van der Waals surface area contributed by atoms with Crippen molar-refractivity contribution in [3.8, 4) is 0 Å². The number of rotatable bonds is 4. The second-order valence-corrected chi connectivity index (χ2v) is 3.65. The van der Waals surface area contributed by atoms with Crippen LogP contribution in [0.15, 0.2) is 42.2 Å². The highest BCUT2D eigenvalue weighted by molar-refractivity contribution is 5.19. The summed E-state index contributed by atoms with van der Waals surface area (Å²) in [4.78, 5) is 0. The first-order valence-electron chi connectivity index (χ1n) is 5.23. The highest BCUT2D eigenvalue weighted by Gasteiger charge is 2.17. The highest BCUT2D eigenvalue weighted by atomic mass is 16.5. The van der Waals surface area contributed by atoms with E-state index in [9.17, 15) is 0 Å². The molecule has 0 aliphatic carbocycles. The summed E-state index contributed by atoms with van der Waals surface area (Å²) < 4.78 is 5.50. The van der Waals surface area contributed by atoms with Crippen LogP contribution >= 0.6 is 0 Å². The molecule has 1 aromatic carbocycles. The minimum atomic E-state index is 0.0925. The third-order valence-electron chi connectivity index (χ3n) is 2.56. The SMILES string of the molecule is NNC(Cc1ccccc1)C1=CCCO1. The van der Waals surface area contributed by atoms with Crippen molar-refractivity contribution in [2.24, 2.45) is 5.84 Å². The Morgan fingerprint density at radius 1 is 1.33 bits per heavy atom. The van der Waals surface area contributed by atoms with Gasteiger partial charge in [-0.1, -0.05) is 30.3 Å². The minimum absolute atomic E-state index is 0.0925. The van der Waals surface area contributed by atoms with Gasteiger partial charge >= 0.3 is 0 Å². The molecule has 0 spiro atoms. The first-order chi connectivity index (χ1) is 7.40. The molecule has 3 heteroatoms. The van der Waals surface area contributed by atoms with Gasteiger partial charge in [0.05, 0.1) is 12.6 Å². The largest absolute Gasteiger partial charge is 0.496 e. The molecule has 15 heavy (non-hydrogen) atoms. The number of nitrogens with two attached hydrogens (primary N) is 1. The van der Waals surface area contributed by atoms with E-state index in [0.29, 0.717) is 0 Å². The Bertz CT molecular complexity index is 335. The lowest BCUT2D eigenvalue weighted by Crippen LogP contribution is -2.38. The number of ether oxygens (including phenoxy) is 1. The second kappa shape index (κ2) is 4.96. The lowest BCUT2D eigenvalue weighted by atomic mass is 10.0. The van der Waals surface area contributed by atoms with Gasteiger partial charge in [-0.3, -0.25) is 5.84 Å². The Morgan fingerprint density at radius 2 is 2.13 bits per heavy atom. The lowest BCUT2D eigenvalue weighted by molar-refractivity contribution is 0.214. The molecule has 1 aliphatic rings. The van der Waals surface area contributed by atoms with E-state index in [1.54, 1.807) is 0 Å². The van der Waals surface area contributed by atoms with E-state index in [0.717, 1.165) is 25.2 Å². The summed E-state index contributed by atoms with van der Waals surface area (Å²) in [7, 11) is 0.